The molecule has 90 valence electrons. The summed E-state index contributed by atoms with van der Waals surface area (Å²) >= 11 is 1.37. The summed E-state index contributed by atoms with van der Waals surface area (Å²) in [4.78, 5) is 16.4. The SMILES string of the molecule is COC(=O)C(N)C(C)(C)c1cnc(OC)s1. The maximum atomic E-state index is 11.4. The van der Waals surface area contributed by atoms with E-state index < -0.39 is 17.4 Å². The van der Waals surface area contributed by atoms with Crippen LogP contribution in [0.1, 0.15) is 18.7 Å². The van der Waals surface area contributed by atoms with E-state index in [1.165, 1.54) is 18.4 Å². The summed E-state index contributed by atoms with van der Waals surface area (Å²) in [6, 6.07) is -0.720. The molecule has 2 N–H and O–H groups in total. The van der Waals surface area contributed by atoms with Crippen LogP contribution >= 0.6 is 11.3 Å². The molecule has 5 nitrogen and oxygen atoms in total. The lowest BCUT2D eigenvalue weighted by molar-refractivity contribution is -0.143. The zero-order valence-corrected chi connectivity index (χ0v) is 10.6. The number of thiazole rings is 1. The highest BCUT2D eigenvalue weighted by Gasteiger charge is 2.36. The molecule has 1 rings (SSSR count). The Bertz CT molecular complexity index is 376. The summed E-state index contributed by atoms with van der Waals surface area (Å²) < 4.78 is 9.65. The summed E-state index contributed by atoms with van der Waals surface area (Å²) in [6.45, 7) is 3.75. The fraction of sp³-hybridized carbons (Fsp3) is 0.600. The number of nitrogens with zero attached hydrogens (tertiary/aromatic N) is 1. The molecule has 6 heteroatoms. The molecule has 0 fully saturated rings. The van der Waals surface area contributed by atoms with Gasteiger partial charge in [-0.2, -0.15) is 0 Å². The molecule has 1 unspecified atom stereocenters. The number of hydrogen-bond donors (Lipinski definition) is 1. The van der Waals surface area contributed by atoms with E-state index >= 15 is 0 Å². The van der Waals surface area contributed by atoms with Crippen LogP contribution in [0.2, 0.25) is 0 Å². The predicted octanol–water partition coefficient (Wildman–Crippen LogP) is 0.930. The van der Waals surface area contributed by atoms with Crippen LogP contribution in [0.5, 0.6) is 5.19 Å². The highest BCUT2D eigenvalue weighted by molar-refractivity contribution is 7.13. The molecule has 0 amide bonds. The van der Waals surface area contributed by atoms with Gasteiger partial charge >= 0.3 is 5.97 Å². The number of aromatic nitrogens is 1. The van der Waals surface area contributed by atoms with Crippen LogP contribution < -0.4 is 10.5 Å². The van der Waals surface area contributed by atoms with Crippen molar-refractivity contribution in [3.8, 4) is 5.19 Å². The minimum Gasteiger partial charge on any atom is -0.473 e. The lowest BCUT2D eigenvalue weighted by Gasteiger charge is -2.27. The van der Waals surface area contributed by atoms with Gasteiger partial charge in [0, 0.05) is 16.5 Å². The molecule has 0 spiro atoms. The van der Waals surface area contributed by atoms with Gasteiger partial charge in [0.25, 0.3) is 5.19 Å². The lowest BCUT2D eigenvalue weighted by atomic mass is 9.84. The van der Waals surface area contributed by atoms with Crippen molar-refractivity contribution in [1.82, 2.24) is 4.98 Å². The van der Waals surface area contributed by atoms with Crippen molar-refractivity contribution in [3.05, 3.63) is 11.1 Å². The van der Waals surface area contributed by atoms with Crippen LogP contribution in [0.4, 0.5) is 0 Å². The first-order valence-electron chi connectivity index (χ1n) is 4.77. The van der Waals surface area contributed by atoms with E-state index in [0.29, 0.717) is 5.19 Å². The number of hydrogen-bond acceptors (Lipinski definition) is 6. The summed E-state index contributed by atoms with van der Waals surface area (Å²) in [7, 11) is 2.88. The lowest BCUT2D eigenvalue weighted by Crippen LogP contribution is -2.47. The predicted molar refractivity (Wildman–Crippen MR) is 61.7 cm³/mol. The number of carbonyl (C=O) groups excluding carboxylic acids is 1. The highest BCUT2D eigenvalue weighted by atomic mass is 32.1. The van der Waals surface area contributed by atoms with Crippen LogP contribution in [0.25, 0.3) is 0 Å². The zero-order valence-electron chi connectivity index (χ0n) is 9.81. The third-order valence-corrected chi connectivity index (χ3v) is 3.82. The van der Waals surface area contributed by atoms with Crippen molar-refractivity contribution in [2.45, 2.75) is 25.3 Å². The molecule has 0 aliphatic carbocycles. The molecule has 1 aromatic heterocycles. The Morgan fingerprint density at radius 1 is 1.56 bits per heavy atom. The van der Waals surface area contributed by atoms with Gasteiger partial charge in [-0.15, -0.1) is 0 Å². The number of ether oxygens (including phenoxy) is 2. The minimum absolute atomic E-state index is 0.433. The van der Waals surface area contributed by atoms with Crippen LogP contribution in [0.3, 0.4) is 0 Å². The number of carbonyl (C=O) groups is 1. The Morgan fingerprint density at radius 2 is 2.19 bits per heavy atom. The van der Waals surface area contributed by atoms with E-state index in [9.17, 15) is 4.79 Å². The molecule has 0 bridgehead atoms. The molecule has 0 aliphatic rings. The summed E-state index contributed by atoms with van der Waals surface area (Å²) in [5.74, 6) is -0.433. The molecule has 16 heavy (non-hydrogen) atoms. The molecule has 0 aromatic carbocycles. The molecule has 0 radical (unpaired) electrons. The second-order valence-corrected chi connectivity index (χ2v) is 4.91. The summed E-state index contributed by atoms with van der Waals surface area (Å²) in [6.07, 6.45) is 1.67. The Hall–Kier alpha value is -1.14. The number of methoxy groups -OCH3 is 2. The van der Waals surface area contributed by atoms with E-state index in [1.54, 1.807) is 13.3 Å². The van der Waals surface area contributed by atoms with Gasteiger partial charge in [-0.1, -0.05) is 25.2 Å². The summed E-state index contributed by atoms with van der Waals surface area (Å²) in [5.41, 5.74) is 5.33. The average molecular weight is 244 g/mol. The first kappa shape index (κ1) is 12.9. The average Bonchev–Trinajstić information content (AvgIpc) is 2.75. The summed E-state index contributed by atoms with van der Waals surface area (Å²) in [5, 5.41) is 0.556. The normalized spacial score (nSPS) is 13.3. The van der Waals surface area contributed by atoms with Crippen LogP contribution in [-0.2, 0) is 14.9 Å². The zero-order chi connectivity index (χ0) is 12.3. The van der Waals surface area contributed by atoms with Gasteiger partial charge in [0.2, 0.25) is 0 Å². The Balaban J connectivity index is 2.95. The first-order chi connectivity index (χ1) is 7.43. The van der Waals surface area contributed by atoms with Gasteiger partial charge < -0.3 is 15.2 Å². The van der Waals surface area contributed by atoms with Gasteiger partial charge in [0.15, 0.2) is 0 Å². The maximum Gasteiger partial charge on any atom is 0.323 e. The molecule has 0 saturated heterocycles. The Labute approximate surface area is 98.6 Å². The minimum atomic E-state index is -0.720. The number of nitrogens with two attached hydrogens (primary N) is 1. The van der Waals surface area contributed by atoms with Crippen LogP contribution in [0, 0.1) is 0 Å². The van der Waals surface area contributed by atoms with Crippen molar-refractivity contribution in [2.24, 2.45) is 5.73 Å². The van der Waals surface area contributed by atoms with Crippen molar-refractivity contribution in [2.75, 3.05) is 14.2 Å². The van der Waals surface area contributed by atoms with E-state index in [0.717, 1.165) is 4.88 Å². The van der Waals surface area contributed by atoms with Gasteiger partial charge in [-0.3, -0.25) is 4.79 Å². The van der Waals surface area contributed by atoms with Gasteiger partial charge in [0.1, 0.15) is 6.04 Å². The maximum absolute atomic E-state index is 11.4. The fourth-order valence-corrected chi connectivity index (χ4v) is 2.10. The third-order valence-electron chi connectivity index (χ3n) is 2.53. The number of esters is 1. The Morgan fingerprint density at radius 3 is 2.62 bits per heavy atom. The molecule has 1 heterocycles. The second-order valence-electron chi connectivity index (χ2n) is 3.92. The largest absolute Gasteiger partial charge is 0.473 e. The van der Waals surface area contributed by atoms with E-state index in [-0.39, 0.29) is 0 Å². The molecule has 0 aliphatic heterocycles. The van der Waals surface area contributed by atoms with E-state index in [1.807, 2.05) is 13.8 Å². The van der Waals surface area contributed by atoms with Gasteiger partial charge in [-0.25, -0.2) is 4.98 Å². The van der Waals surface area contributed by atoms with Crippen molar-refractivity contribution >= 4 is 17.3 Å². The highest BCUT2D eigenvalue weighted by Crippen LogP contribution is 2.33. The molecule has 1 atom stereocenters. The second kappa shape index (κ2) is 4.80. The van der Waals surface area contributed by atoms with Gasteiger partial charge in [0.05, 0.1) is 14.2 Å². The van der Waals surface area contributed by atoms with Crippen molar-refractivity contribution in [3.63, 3.8) is 0 Å². The number of rotatable bonds is 4. The molecular weight excluding hydrogens is 228 g/mol. The molecule has 0 saturated carbocycles. The van der Waals surface area contributed by atoms with E-state index in [2.05, 4.69) is 9.72 Å². The van der Waals surface area contributed by atoms with Crippen molar-refractivity contribution in [1.29, 1.82) is 0 Å². The van der Waals surface area contributed by atoms with E-state index in [4.69, 9.17) is 10.5 Å². The van der Waals surface area contributed by atoms with Gasteiger partial charge in [-0.05, 0) is 0 Å². The quantitative estimate of drug-likeness (QED) is 0.797. The standard InChI is InChI=1S/C10H16N2O3S/c1-10(2,7(11)8(13)14-3)6-5-12-9(15-4)16-6/h5,7H,11H2,1-4H3. The first-order valence-corrected chi connectivity index (χ1v) is 5.58. The van der Waals surface area contributed by atoms with Crippen molar-refractivity contribution < 1.29 is 14.3 Å². The monoisotopic (exact) mass is 244 g/mol. The fourth-order valence-electron chi connectivity index (χ4n) is 1.23. The smallest absolute Gasteiger partial charge is 0.323 e. The van der Waals surface area contributed by atoms with Crippen LogP contribution in [-0.4, -0.2) is 31.2 Å². The Kier molecular flexibility index (Phi) is 3.88. The van der Waals surface area contributed by atoms with Crippen LogP contribution in [0.15, 0.2) is 6.20 Å². The topological polar surface area (TPSA) is 74.4 Å². The third kappa shape index (κ3) is 2.33. The molecule has 1 aromatic rings. The molecular formula is C10H16N2O3S.